The molecule has 1 amide bonds. The molecule has 0 aliphatic heterocycles. The molecule has 1 aromatic heterocycles. The number of amides is 1. The second-order valence-electron chi connectivity index (χ2n) is 7.10. The molecule has 1 heterocycles. The third kappa shape index (κ3) is 10.7. The molecule has 35 heavy (non-hydrogen) atoms. The number of aromatic amines is 1. The van der Waals surface area contributed by atoms with E-state index in [-0.39, 0.29) is 36.5 Å². The van der Waals surface area contributed by atoms with Crippen molar-refractivity contribution in [3.8, 4) is 0 Å². The van der Waals surface area contributed by atoms with Gasteiger partial charge in [-0.15, -0.1) is 0 Å². The van der Waals surface area contributed by atoms with Crippen molar-refractivity contribution in [1.82, 2.24) is 15.3 Å². The lowest BCUT2D eigenvalue weighted by atomic mass is 10.1. The average Bonchev–Trinajstić information content (AvgIpc) is 2.80. The predicted molar refractivity (Wildman–Crippen MR) is 133 cm³/mol. The number of rotatable bonds is 10. The largest absolute Gasteiger partial charge is 0.481 e. The number of nitrogens with one attached hydrogen (secondary N) is 3. The van der Waals surface area contributed by atoms with Gasteiger partial charge in [0.1, 0.15) is 11.7 Å². The molecule has 0 saturated heterocycles. The van der Waals surface area contributed by atoms with E-state index in [1.54, 1.807) is 51.5 Å². The van der Waals surface area contributed by atoms with Crippen molar-refractivity contribution in [2.24, 2.45) is 9.98 Å². The number of H-pyrrole nitrogens is 1. The van der Waals surface area contributed by atoms with E-state index in [4.69, 9.17) is 15.9 Å². The van der Waals surface area contributed by atoms with Gasteiger partial charge in [0.05, 0.1) is 11.9 Å². The Labute approximate surface area is 201 Å². The van der Waals surface area contributed by atoms with Crippen LogP contribution < -0.4 is 21.9 Å². The quantitative estimate of drug-likeness (QED) is 0.266. The summed E-state index contributed by atoms with van der Waals surface area (Å²) in [6.45, 7) is 1.74. The highest BCUT2D eigenvalue weighted by Crippen LogP contribution is 2.10. The minimum atomic E-state index is -1.18. The van der Waals surface area contributed by atoms with E-state index in [1.807, 2.05) is 0 Å². The van der Waals surface area contributed by atoms with E-state index in [9.17, 15) is 19.2 Å². The number of benzene rings is 1. The van der Waals surface area contributed by atoms with Crippen LogP contribution in [0.5, 0.6) is 0 Å². The average molecular weight is 488 g/mol. The molecule has 2 rings (SSSR count). The van der Waals surface area contributed by atoms with Crippen molar-refractivity contribution in [1.29, 1.82) is 0 Å². The van der Waals surface area contributed by atoms with Crippen LogP contribution in [0.2, 0.25) is 0 Å². The van der Waals surface area contributed by atoms with Gasteiger partial charge in [0, 0.05) is 38.0 Å². The molecule has 13 heteroatoms. The number of nitrogens with zero attached hydrogens (tertiary/aromatic N) is 3. The van der Waals surface area contributed by atoms with Gasteiger partial charge in [0.15, 0.2) is 5.95 Å². The third-order valence-electron chi connectivity index (χ3n) is 4.34. The SMILES string of the molecule is CN=CC(C)=Nc1cnc(N)[nH]c1=O.CNc1ccc(C(=O)NC(CCCC(=O)O)C(=O)O)cc1. The number of carbonyl (C=O) groups is 3. The van der Waals surface area contributed by atoms with Crippen molar-refractivity contribution in [3.05, 3.63) is 46.4 Å². The molecule has 1 aromatic carbocycles. The number of anilines is 2. The summed E-state index contributed by atoms with van der Waals surface area (Å²) in [5.74, 6) is -2.59. The van der Waals surface area contributed by atoms with E-state index in [0.717, 1.165) is 5.69 Å². The number of carboxylic acid groups (broad SMARTS) is 2. The molecule has 0 aliphatic carbocycles. The first-order valence-electron chi connectivity index (χ1n) is 10.4. The second-order valence-corrected chi connectivity index (χ2v) is 7.10. The Hall–Kier alpha value is -4.55. The first-order chi connectivity index (χ1) is 16.6. The van der Waals surface area contributed by atoms with Crippen LogP contribution in [0.4, 0.5) is 17.3 Å². The summed E-state index contributed by atoms with van der Waals surface area (Å²) < 4.78 is 0. The van der Waals surface area contributed by atoms with Crippen LogP contribution in [0.3, 0.4) is 0 Å². The Morgan fingerprint density at radius 1 is 1.23 bits per heavy atom. The molecule has 1 unspecified atom stereocenters. The number of nitrogen functional groups attached to an aromatic ring is 1. The van der Waals surface area contributed by atoms with E-state index in [0.29, 0.717) is 11.3 Å². The van der Waals surface area contributed by atoms with E-state index in [1.165, 1.54) is 6.20 Å². The fraction of sp³-hybridized carbons (Fsp3) is 0.318. The molecule has 0 saturated carbocycles. The van der Waals surface area contributed by atoms with Crippen LogP contribution >= 0.6 is 0 Å². The van der Waals surface area contributed by atoms with Crippen LogP contribution in [0, 0.1) is 0 Å². The van der Waals surface area contributed by atoms with Gasteiger partial charge in [-0.3, -0.25) is 24.4 Å². The van der Waals surface area contributed by atoms with Crippen molar-refractivity contribution in [2.45, 2.75) is 32.2 Å². The summed E-state index contributed by atoms with van der Waals surface area (Å²) in [7, 11) is 3.38. The predicted octanol–water partition coefficient (Wildman–Crippen LogP) is 1.31. The van der Waals surface area contributed by atoms with Crippen LogP contribution in [0.15, 0.2) is 45.2 Å². The van der Waals surface area contributed by atoms with Crippen LogP contribution in [-0.4, -0.2) is 70.1 Å². The van der Waals surface area contributed by atoms with Crippen LogP contribution in [-0.2, 0) is 9.59 Å². The number of aromatic nitrogens is 2. The lowest BCUT2D eigenvalue weighted by molar-refractivity contribution is -0.140. The summed E-state index contributed by atoms with van der Waals surface area (Å²) in [6.07, 6.45) is 3.00. The van der Waals surface area contributed by atoms with Gasteiger partial charge in [0.25, 0.3) is 11.5 Å². The lowest BCUT2D eigenvalue weighted by Gasteiger charge is -2.14. The summed E-state index contributed by atoms with van der Waals surface area (Å²) >= 11 is 0. The molecule has 2 aromatic rings. The van der Waals surface area contributed by atoms with Crippen molar-refractivity contribution < 1.29 is 24.6 Å². The molecule has 13 nitrogen and oxygen atoms in total. The van der Waals surface area contributed by atoms with Gasteiger partial charge in [-0.25, -0.2) is 14.8 Å². The Balaban J connectivity index is 0.000000379. The maximum atomic E-state index is 11.9. The Morgan fingerprint density at radius 3 is 2.40 bits per heavy atom. The monoisotopic (exact) mass is 487 g/mol. The number of carbonyl (C=O) groups excluding carboxylic acids is 1. The van der Waals surface area contributed by atoms with E-state index in [2.05, 4.69) is 30.6 Å². The lowest BCUT2D eigenvalue weighted by Crippen LogP contribution is -2.40. The van der Waals surface area contributed by atoms with E-state index >= 15 is 0 Å². The van der Waals surface area contributed by atoms with Gasteiger partial charge in [0.2, 0.25) is 0 Å². The van der Waals surface area contributed by atoms with Gasteiger partial charge in [-0.1, -0.05) is 0 Å². The topological polar surface area (TPSA) is 212 Å². The summed E-state index contributed by atoms with van der Waals surface area (Å²) in [5, 5.41) is 22.9. The Morgan fingerprint density at radius 2 is 1.89 bits per heavy atom. The van der Waals surface area contributed by atoms with Gasteiger partial charge < -0.3 is 26.6 Å². The van der Waals surface area contributed by atoms with Crippen molar-refractivity contribution in [2.75, 3.05) is 25.1 Å². The zero-order chi connectivity index (χ0) is 26.4. The fourth-order valence-electron chi connectivity index (χ4n) is 2.63. The van der Waals surface area contributed by atoms with Crippen molar-refractivity contribution in [3.63, 3.8) is 0 Å². The fourth-order valence-corrected chi connectivity index (χ4v) is 2.63. The van der Waals surface area contributed by atoms with Crippen LogP contribution in [0.25, 0.3) is 0 Å². The van der Waals surface area contributed by atoms with Gasteiger partial charge in [-0.05, 0) is 44.0 Å². The molecule has 1 atom stereocenters. The molecule has 0 fully saturated rings. The first kappa shape index (κ1) is 28.5. The highest BCUT2D eigenvalue weighted by atomic mass is 16.4. The summed E-state index contributed by atoms with van der Waals surface area (Å²) in [4.78, 5) is 58.5. The molecular formula is C22H29N7O6. The Kier molecular flexibility index (Phi) is 11.9. The minimum Gasteiger partial charge on any atom is -0.481 e. The van der Waals surface area contributed by atoms with Crippen molar-refractivity contribution >= 4 is 47.1 Å². The van der Waals surface area contributed by atoms with E-state index < -0.39 is 23.9 Å². The zero-order valence-corrected chi connectivity index (χ0v) is 19.6. The standard InChI is InChI=1S/C14H18N2O5.C8H11N5O/c1-15-10-7-5-9(6-8-10)13(19)16-11(14(20)21)3-2-4-12(17)18;1-5(3-10-2)12-6-4-11-8(9)13-7(6)14/h5-8,11,15H,2-4H2,1H3,(H,16,19)(H,17,18)(H,20,21);3-4H,1-2H3,(H3,9,11,13,14). The summed E-state index contributed by atoms with van der Waals surface area (Å²) in [5.41, 5.74) is 6.95. The normalized spacial score (nSPS) is 11.8. The molecular weight excluding hydrogens is 458 g/mol. The zero-order valence-electron chi connectivity index (χ0n) is 19.6. The molecule has 0 aliphatic rings. The molecule has 7 N–H and O–H groups in total. The van der Waals surface area contributed by atoms with Crippen LogP contribution in [0.1, 0.15) is 36.5 Å². The van der Waals surface area contributed by atoms with Gasteiger partial charge >= 0.3 is 11.9 Å². The molecule has 188 valence electrons. The molecule has 0 spiro atoms. The molecule has 0 radical (unpaired) electrons. The summed E-state index contributed by atoms with van der Waals surface area (Å²) in [6, 6.07) is 5.47. The number of hydrogen-bond acceptors (Lipinski definition) is 9. The maximum absolute atomic E-state index is 11.9. The number of aliphatic carboxylic acids is 2. The number of carboxylic acids is 2. The van der Waals surface area contributed by atoms with Gasteiger partial charge in [-0.2, -0.15) is 0 Å². The second kappa shape index (κ2) is 14.6. The highest BCUT2D eigenvalue weighted by molar-refractivity contribution is 6.30. The maximum Gasteiger partial charge on any atom is 0.326 e. The number of aliphatic imine (C=N–C) groups is 2. The first-order valence-corrected chi connectivity index (χ1v) is 10.4. The highest BCUT2D eigenvalue weighted by Gasteiger charge is 2.20. The minimum absolute atomic E-state index is 0.0714. The smallest absolute Gasteiger partial charge is 0.326 e. The number of hydrogen-bond donors (Lipinski definition) is 6. The third-order valence-corrected chi connectivity index (χ3v) is 4.34. The number of nitrogens with two attached hydrogens (primary N) is 1. The Bertz CT molecular complexity index is 1130. The molecule has 0 bridgehead atoms.